The quantitative estimate of drug-likeness (QED) is 0.830. The molecule has 0 saturated heterocycles. The van der Waals surface area contributed by atoms with Crippen molar-refractivity contribution < 1.29 is 18.0 Å². The van der Waals surface area contributed by atoms with Crippen LogP contribution in [-0.2, 0) is 6.18 Å². The fraction of sp³-hybridized carbons (Fsp3) is 0.533. The highest BCUT2D eigenvalue weighted by molar-refractivity contribution is 6.20. The van der Waals surface area contributed by atoms with Gasteiger partial charge in [-0.15, -0.1) is 11.6 Å². The molecule has 2 rings (SSSR count). The van der Waals surface area contributed by atoms with Gasteiger partial charge in [-0.1, -0.05) is 12.8 Å². The van der Waals surface area contributed by atoms with E-state index in [1.165, 1.54) is 12.1 Å². The van der Waals surface area contributed by atoms with E-state index in [-0.39, 0.29) is 22.8 Å². The lowest BCUT2D eigenvalue weighted by Gasteiger charge is -2.27. The molecule has 2 nitrogen and oxygen atoms in total. The Labute approximate surface area is 126 Å². The number of benzene rings is 1. The highest BCUT2D eigenvalue weighted by Gasteiger charge is 2.30. The average molecular weight is 320 g/mol. The fourth-order valence-electron chi connectivity index (χ4n) is 2.53. The Bertz CT molecular complexity index is 487. The Hall–Kier alpha value is -1.23. The van der Waals surface area contributed by atoms with Gasteiger partial charge in [0.25, 0.3) is 5.91 Å². The summed E-state index contributed by atoms with van der Waals surface area (Å²) in [4.78, 5) is 11.9. The summed E-state index contributed by atoms with van der Waals surface area (Å²) in [6, 6.07) is 4.22. The van der Waals surface area contributed by atoms with Gasteiger partial charge in [0.05, 0.1) is 5.56 Å². The number of hydrogen-bond acceptors (Lipinski definition) is 1. The summed E-state index contributed by atoms with van der Waals surface area (Å²) in [5, 5.41) is 2.81. The maximum absolute atomic E-state index is 12.4. The fourth-order valence-corrected chi connectivity index (χ4v) is 2.90. The molecular weight excluding hydrogens is 303 g/mol. The van der Waals surface area contributed by atoms with E-state index < -0.39 is 11.7 Å². The molecule has 0 aliphatic heterocycles. The standard InChI is InChI=1S/C15H17ClF3NO/c16-13-4-2-1-3-11(13)9-20-14(21)10-5-7-12(8-6-10)15(17,18)19/h5-8,11,13H,1-4,9H2,(H,20,21). The van der Waals surface area contributed by atoms with Gasteiger partial charge in [0, 0.05) is 17.5 Å². The third-order valence-corrected chi connectivity index (χ3v) is 4.39. The van der Waals surface area contributed by atoms with E-state index in [4.69, 9.17) is 11.6 Å². The van der Waals surface area contributed by atoms with Crippen LogP contribution in [0, 0.1) is 5.92 Å². The predicted octanol–water partition coefficient (Wildman–Crippen LogP) is 4.23. The summed E-state index contributed by atoms with van der Waals surface area (Å²) in [6.07, 6.45) is -0.256. The minimum absolute atomic E-state index is 0.0617. The van der Waals surface area contributed by atoms with Crippen molar-refractivity contribution in [2.45, 2.75) is 37.2 Å². The first-order valence-electron chi connectivity index (χ1n) is 6.97. The van der Waals surface area contributed by atoms with Gasteiger partial charge in [0.15, 0.2) is 0 Å². The molecule has 0 aromatic heterocycles. The van der Waals surface area contributed by atoms with Crippen LogP contribution in [0.25, 0.3) is 0 Å². The van der Waals surface area contributed by atoms with E-state index in [0.717, 1.165) is 37.8 Å². The van der Waals surface area contributed by atoms with Crippen LogP contribution < -0.4 is 5.32 Å². The maximum Gasteiger partial charge on any atom is 0.416 e. The molecule has 6 heteroatoms. The average Bonchev–Trinajstić information content (AvgIpc) is 2.45. The number of alkyl halides is 4. The Morgan fingerprint density at radius 2 is 1.81 bits per heavy atom. The minimum Gasteiger partial charge on any atom is -0.352 e. The number of carbonyl (C=O) groups is 1. The Morgan fingerprint density at radius 1 is 1.19 bits per heavy atom. The monoisotopic (exact) mass is 319 g/mol. The molecule has 0 bridgehead atoms. The molecule has 0 spiro atoms. The Balaban J connectivity index is 1.91. The van der Waals surface area contributed by atoms with Crippen molar-refractivity contribution in [3.63, 3.8) is 0 Å². The van der Waals surface area contributed by atoms with Crippen LogP contribution in [0.2, 0.25) is 0 Å². The van der Waals surface area contributed by atoms with Crippen LogP contribution >= 0.6 is 11.6 Å². The Kier molecular flexibility index (Phi) is 5.14. The molecule has 1 fully saturated rings. The largest absolute Gasteiger partial charge is 0.416 e. The molecule has 2 atom stereocenters. The van der Waals surface area contributed by atoms with Gasteiger partial charge in [-0.2, -0.15) is 13.2 Å². The molecule has 116 valence electrons. The minimum atomic E-state index is -4.39. The third kappa shape index (κ3) is 4.37. The maximum atomic E-state index is 12.4. The number of hydrogen-bond donors (Lipinski definition) is 1. The normalized spacial score (nSPS) is 22.9. The lowest BCUT2D eigenvalue weighted by molar-refractivity contribution is -0.137. The van der Waals surface area contributed by atoms with Gasteiger partial charge in [0.1, 0.15) is 0 Å². The number of carbonyl (C=O) groups excluding carboxylic acids is 1. The van der Waals surface area contributed by atoms with Gasteiger partial charge < -0.3 is 5.32 Å². The zero-order chi connectivity index (χ0) is 15.5. The summed E-state index contributed by atoms with van der Waals surface area (Å²) in [5.41, 5.74) is -0.530. The van der Waals surface area contributed by atoms with Crippen molar-refractivity contribution in [2.75, 3.05) is 6.54 Å². The van der Waals surface area contributed by atoms with E-state index >= 15 is 0 Å². The van der Waals surface area contributed by atoms with E-state index in [1.807, 2.05) is 0 Å². The molecule has 1 aliphatic carbocycles. The second kappa shape index (κ2) is 6.69. The predicted molar refractivity (Wildman–Crippen MR) is 75.4 cm³/mol. The van der Waals surface area contributed by atoms with Gasteiger partial charge in [-0.3, -0.25) is 4.79 Å². The first-order valence-corrected chi connectivity index (χ1v) is 7.41. The molecule has 1 aromatic rings. The molecule has 1 saturated carbocycles. The molecule has 0 radical (unpaired) electrons. The number of amides is 1. The molecule has 1 amide bonds. The zero-order valence-corrected chi connectivity index (χ0v) is 12.2. The van der Waals surface area contributed by atoms with Crippen molar-refractivity contribution in [3.05, 3.63) is 35.4 Å². The zero-order valence-electron chi connectivity index (χ0n) is 11.4. The summed E-state index contributed by atoms with van der Waals surface area (Å²) < 4.78 is 37.3. The number of nitrogens with one attached hydrogen (secondary N) is 1. The van der Waals surface area contributed by atoms with Crippen LogP contribution in [0.3, 0.4) is 0 Å². The van der Waals surface area contributed by atoms with Crippen LogP contribution in [-0.4, -0.2) is 17.8 Å². The van der Waals surface area contributed by atoms with Crippen LogP contribution in [0.1, 0.15) is 41.6 Å². The van der Waals surface area contributed by atoms with E-state index in [0.29, 0.717) is 6.54 Å². The second-order valence-corrected chi connectivity index (χ2v) is 5.91. The van der Waals surface area contributed by atoms with Crippen molar-refractivity contribution in [1.29, 1.82) is 0 Å². The van der Waals surface area contributed by atoms with E-state index in [9.17, 15) is 18.0 Å². The van der Waals surface area contributed by atoms with Gasteiger partial charge >= 0.3 is 6.18 Å². The summed E-state index contributed by atoms with van der Waals surface area (Å²) in [7, 11) is 0. The molecular formula is C15H17ClF3NO. The van der Waals surface area contributed by atoms with Crippen molar-refractivity contribution in [2.24, 2.45) is 5.92 Å². The third-order valence-electron chi connectivity index (χ3n) is 3.82. The molecule has 1 aromatic carbocycles. The van der Waals surface area contributed by atoms with Crippen LogP contribution in [0.15, 0.2) is 24.3 Å². The summed E-state index contributed by atoms with van der Waals surface area (Å²) in [5.74, 6) is -0.128. The van der Waals surface area contributed by atoms with E-state index in [1.54, 1.807) is 0 Å². The first kappa shape index (κ1) is 16.1. The van der Waals surface area contributed by atoms with Crippen molar-refractivity contribution in [3.8, 4) is 0 Å². The second-order valence-electron chi connectivity index (χ2n) is 5.35. The molecule has 1 aliphatic rings. The first-order chi connectivity index (χ1) is 9.88. The lowest BCUT2D eigenvalue weighted by atomic mass is 9.88. The lowest BCUT2D eigenvalue weighted by Crippen LogP contribution is -2.34. The van der Waals surface area contributed by atoms with Crippen molar-refractivity contribution in [1.82, 2.24) is 5.32 Å². The number of rotatable bonds is 3. The van der Waals surface area contributed by atoms with Gasteiger partial charge in [-0.05, 0) is 43.0 Å². The molecule has 21 heavy (non-hydrogen) atoms. The number of halogens is 4. The van der Waals surface area contributed by atoms with Crippen molar-refractivity contribution >= 4 is 17.5 Å². The highest BCUT2D eigenvalue weighted by Crippen LogP contribution is 2.29. The van der Waals surface area contributed by atoms with Crippen LogP contribution in [0.5, 0.6) is 0 Å². The molecule has 1 N–H and O–H groups in total. The molecule has 2 unspecified atom stereocenters. The smallest absolute Gasteiger partial charge is 0.352 e. The topological polar surface area (TPSA) is 29.1 Å². The molecule has 0 heterocycles. The van der Waals surface area contributed by atoms with Gasteiger partial charge in [0.2, 0.25) is 0 Å². The summed E-state index contributed by atoms with van der Waals surface area (Å²) in [6.45, 7) is 0.466. The highest BCUT2D eigenvalue weighted by atomic mass is 35.5. The van der Waals surface area contributed by atoms with Crippen LogP contribution in [0.4, 0.5) is 13.2 Å². The Morgan fingerprint density at radius 3 is 2.38 bits per heavy atom. The van der Waals surface area contributed by atoms with E-state index in [2.05, 4.69) is 5.32 Å². The summed E-state index contributed by atoms with van der Waals surface area (Å²) >= 11 is 6.21. The van der Waals surface area contributed by atoms with Gasteiger partial charge in [-0.25, -0.2) is 0 Å². The SMILES string of the molecule is O=C(NCC1CCCCC1Cl)c1ccc(C(F)(F)F)cc1.